The topological polar surface area (TPSA) is 116 Å². The smallest absolute Gasteiger partial charge is 0.307 e. The van der Waals surface area contributed by atoms with Gasteiger partial charge >= 0.3 is 5.97 Å². The van der Waals surface area contributed by atoms with Crippen LogP contribution < -0.4 is 14.7 Å². The Labute approximate surface area is 276 Å². The largest absolute Gasteiger partial charge is 0.543 e. The number of unbranched alkanes of at least 4 members (excludes halogenated alkanes) is 1. The van der Waals surface area contributed by atoms with Crippen molar-refractivity contribution in [2.24, 2.45) is 0 Å². The van der Waals surface area contributed by atoms with Gasteiger partial charge < -0.3 is 14.3 Å². The molecular formula is C36H54N4O5Si. The van der Waals surface area contributed by atoms with Crippen molar-refractivity contribution in [3.63, 3.8) is 0 Å². The third-order valence-electron chi connectivity index (χ3n) is 8.70. The molecule has 0 spiro atoms. The third-order valence-corrected chi connectivity index (χ3v) is 13.0. The highest BCUT2D eigenvalue weighted by Gasteiger charge is 2.40. The molecule has 252 valence electrons. The normalized spacial score (nSPS) is 12.7. The maximum Gasteiger partial charge on any atom is 0.307 e. The van der Waals surface area contributed by atoms with Crippen LogP contribution in [0.15, 0.2) is 29.3 Å². The molecule has 1 aromatic carbocycles. The highest BCUT2D eigenvalue weighted by molar-refractivity contribution is 6.74. The molecule has 0 aliphatic heterocycles. The molecule has 0 aliphatic rings. The van der Waals surface area contributed by atoms with Crippen LogP contribution in [0.3, 0.4) is 0 Å². The van der Waals surface area contributed by atoms with Crippen molar-refractivity contribution >= 4 is 14.3 Å². The summed E-state index contributed by atoms with van der Waals surface area (Å²) in [6.07, 6.45) is 9.13. The summed E-state index contributed by atoms with van der Waals surface area (Å²) < 4.78 is 14.1. The van der Waals surface area contributed by atoms with Crippen LogP contribution in [-0.4, -0.2) is 45.0 Å². The highest BCUT2D eigenvalue weighted by Crippen LogP contribution is 2.40. The van der Waals surface area contributed by atoms with Gasteiger partial charge in [-0.1, -0.05) is 72.9 Å². The number of carbonyl (C=O) groups is 1. The number of aliphatic carboxylic acids is 1. The summed E-state index contributed by atoms with van der Waals surface area (Å²) in [5, 5.41) is 9.11. The quantitative estimate of drug-likeness (QED) is 0.156. The minimum atomic E-state index is -2.08. The summed E-state index contributed by atoms with van der Waals surface area (Å²) in [7, 11) is -2.08. The predicted octanol–water partition coefficient (Wildman–Crippen LogP) is 7.80. The number of nitrogens with zero attached hydrogens (tertiary/aromatic N) is 4. The van der Waals surface area contributed by atoms with Crippen LogP contribution in [0, 0.1) is 6.92 Å². The Balaban J connectivity index is 2.12. The number of rotatable bonds is 16. The molecule has 0 saturated heterocycles. The first-order chi connectivity index (χ1) is 21.6. The highest BCUT2D eigenvalue weighted by atomic mass is 28.4. The Morgan fingerprint density at radius 2 is 1.59 bits per heavy atom. The molecule has 0 aliphatic carbocycles. The summed E-state index contributed by atoms with van der Waals surface area (Å²) in [6, 6.07) is 4.47. The molecule has 1 atom stereocenters. The first-order valence-electron chi connectivity index (χ1n) is 16.8. The number of aromatic nitrogens is 4. The predicted molar refractivity (Wildman–Crippen MR) is 186 cm³/mol. The van der Waals surface area contributed by atoms with Gasteiger partial charge in [-0.3, -0.25) is 9.59 Å². The van der Waals surface area contributed by atoms with Gasteiger partial charge in [-0.15, -0.1) is 0 Å². The van der Waals surface area contributed by atoms with Crippen LogP contribution in [0.4, 0.5) is 0 Å². The number of carboxylic acid groups (broad SMARTS) is 1. The number of ether oxygens (including phenoxy) is 1. The summed E-state index contributed by atoms with van der Waals surface area (Å²) >= 11 is 0. The van der Waals surface area contributed by atoms with E-state index in [2.05, 4.69) is 76.7 Å². The van der Waals surface area contributed by atoms with Crippen molar-refractivity contribution in [3.8, 4) is 17.4 Å². The minimum absolute atomic E-state index is 0.0780. The van der Waals surface area contributed by atoms with Crippen molar-refractivity contribution in [2.45, 2.75) is 137 Å². The Hall–Kier alpha value is -3.53. The van der Waals surface area contributed by atoms with Crippen molar-refractivity contribution < 1.29 is 19.1 Å². The summed E-state index contributed by atoms with van der Waals surface area (Å²) in [5.74, 6) is 1.15. The molecule has 2 aromatic heterocycles. The monoisotopic (exact) mass is 650 g/mol. The van der Waals surface area contributed by atoms with Gasteiger partial charge in [-0.25, -0.2) is 19.5 Å². The van der Waals surface area contributed by atoms with E-state index in [0.717, 1.165) is 55.5 Å². The van der Waals surface area contributed by atoms with Gasteiger partial charge in [0.2, 0.25) is 5.95 Å². The van der Waals surface area contributed by atoms with Crippen LogP contribution in [0.25, 0.3) is 5.95 Å². The van der Waals surface area contributed by atoms with E-state index in [9.17, 15) is 9.59 Å². The van der Waals surface area contributed by atoms with E-state index < -0.39 is 20.4 Å². The van der Waals surface area contributed by atoms with Crippen LogP contribution in [0.5, 0.6) is 11.5 Å². The van der Waals surface area contributed by atoms with Gasteiger partial charge in [0, 0.05) is 12.0 Å². The van der Waals surface area contributed by atoms with Crippen LogP contribution in [-0.2, 0) is 30.5 Å². The molecule has 46 heavy (non-hydrogen) atoms. The maximum atomic E-state index is 14.3. The van der Waals surface area contributed by atoms with Gasteiger partial charge in [0.05, 0.1) is 24.5 Å². The van der Waals surface area contributed by atoms with Crippen molar-refractivity contribution in [1.29, 1.82) is 0 Å². The van der Waals surface area contributed by atoms with E-state index in [-0.39, 0.29) is 23.0 Å². The first kappa shape index (κ1) is 36.9. The van der Waals surface area contributed by atoms with E-state index in [1.165, 1.54) is 28.1 Å². The average Bonchev–Trinajstić information content (AvgIpc) is 2.95. The fourth-order valence-corrected chi connectivity index (χ4v) is 6.35. The molecule has 0 fully saturated rings. The Kier molecular flexibility index (Phi) is 12.7. The molecule has 0 amide bonds. The zero-order valence-corrected chi connectivity index (χ0v) is 30.6. The second-order valence-corrected chi connectivity index (χ2v) is 18.6. The minimum Gasteiger partial charge on any atom is -0.543 e. The van der Waals surface area contributed by atoms with Gasteiger partial charge in [0.1, 0.15) is 17.7 Å². The summed E-state index contributed by atoms with van der Waals surface area (Å²) in [6.45, 7) is 21.4. The molecule has 0 radical (unpaired) electrons. The molecule has 0 bridgehead atoms. The Bertz CT molecular complexity index is 1520. The third kappa shape index (κ3) is 9.27. The van der Waals surface area contributed by atoms with Crippen LogP contribution in [0.1, 0.15) is 114 Å². The van der Waals surface area contributed by atoms with Crippen molar-refractivity contribution in [2.75, 3.05) is 0 Å². The van der Waals surface area contributed by atoms with Gasteiger partial charge in [-0.05, 0) is 74.4 Å². The van der Waals surface area contributed by atoms with E-state index in [1.807, 2.05) is 0 Å². The van der Waals surface area contributed by atoms with Crippen LogP contribution >= 0.6 is 0 Å². The molecule has 1 N–H and O–H groups in total. The number of hydrogen-bond donors (Lipinski definition) is 1. The van der Waals surface area contributed by atoms with Crippen molar-refractivity contribution in [3.05, 3.63) is 68.7 Å². The lowest BCUT2D eigenvalue weighted by atomic mass is 9.94. The molecule has 3 rings (SSSR count). The van der Waals surface area contributed by atoms with E-state index in [4.69, 9.17) is 19.3 Å². The Morgan fingerprint density at radius 3 is 2.09 bits per heavy atom. The van der Waals surface area contributed by atoms with Gasteiger partial charge in [0.15, 0.2) is 5.75 Å². The van der Waals surface area contributed by atoms with Crippen LogP contribution in [0.2, 0.25) is 18.1 Å². The zero-order chi connectivity index (χ0) is 34.2. The lowest BCUT2D eigenvalue weighted by Gasteiger charge is -2.38. The average molecular weight is 651 g/mol. The van der Waals surface area contributed by atoms with Gasteiger partial charge in [-0.2, -0.15) is 0 Å². The molecule has 1 unspecified atom stereocenters. The molecular weight excluding hydrogens is 597 g/mol. The number of aryl methyl sites for hydroxylation is 4. The maximum absolute atomic E-state index is 14.3. The Morgan fingerprint density at radius 1 is 1.00 bits per heavy atom. The van der Waals surface area contributed by atoms with E-state index in [1.54, 1.807) is 13.8 Å². The van der Waals surface area contributed by atoms with E-state index >= 15 is 0 Å². The lowest BCUT2D eigenvalue weighted by Crippen LogP contribution is -2.44. The molecule has 9 nitrogen and oxygen atoms in total. The second-order valence-electron chi connectivity index (χ2n) is 13.9. The molecule has 10 heteroatoms. The number of benzene rings is 1. The standard InChI is InChI=1S/C36H54N4O5Si/c1-11-14-17-31-30(34(43)40(25(5)39-31)35-37-22-29(23-38-35)44-24(4)18-32(41)42)21-26-19-27(15-12-2)33(28(20-26)16-13-3)45-46(9,10)36(6,7)8/h19-20,22-24H,11-18,21H2,1-10H3,(H,41,42). The number of carboxylic acids is 1. The summed E-state index contributed by atoms with van der Waals surface area (Å²) in [4.78, 5) is 39.0. The molecule has 2 heterocycles. The zero-order valence-electron chi connectivity index (χ0n) is 29.6. The first-order valence-corrected chi connectivity index (χ1v) is 19.7. The SMILES string of the molecule is CCCCc1nc(C)n(-c2ncc(OC(C)CC(=O)O)cn2)c(=O)c1Cc1cc(CCC)c(O[Si](C)(C)C(C)(C)C)c(CCC)c1. The summed E-state index contributed by atoms with van der Waals surface area (Å²) in [5.41, 5.74) is 4.79. The number of hydrogen-bond acceptors (Lipinski definition) is 7. The lowest BCUT2D eigenvalue weighted by molar-refractivity contribution is -0.138. The fourth-order valence-electron chi connectivity index (χ4n) is 5.27. The van der Waals surface area contributed by atoms with Crippen molar-refractivity contribution in [1.82, 2.24) is 19.5 Å². The van der Waals surface area contributed by atoms with Gasteiger partial charge in [0.25, 0.3) is 13.9 Å². The van der Waals surface area contributed by atoms with E-state index in [0.29, 0.717) is 30.0 Å². The fraction of sp³-hybridized carbons (Fsp3) is 0.583. The second kappa shape index (κ2) is 15.8. The molecule has 0 saturated carbocycles. The molecule has 3 aromatic rings.